The van der Waals surface area contributed by atoms with Crippen LogP contribution in [0.15, 0.2) is 0 Å². The third-order valence-corrected chi connectivity index (χ3v) is 4.16. The monoisotopic (exact) mass is 740 g/mol. The second-order valence-electron chi connectivity index (χ2n) is 8.35. The Morgan fingerprint density at radius 1 is 0.235 bits per heavy atom. The molecule has 25 heteroatoms. The van der Waals surface area contributed by atoms with E-state index in [4.69, 9.17) is 0 Å². The van der Waals surface area contributed by atoms with Crippen molar-refractivity contribution in [3.8, 4) is 0 Å². The highest BCUT2D eigenvalue weighted by atomic mass is 16.7. The largest absolute Gasteiger partial charge is 0.454 e. The van der Waals surface area contributed by atoms with Crippen LogP contribution < -0.4 is 0 Å². The summed E-state index contributed by atoms with van der Waals surface area (Å²) in [6.07, 6.45) is 0. The summed E-state index contributed by atoms with van der Waals surface area (Å²) in [4.78, 5) is 147. The van der Waals surface area contributed by atoms with Gasteiger partial charge in [-0.15, -0.1) is 0 Å². The third kappa shape index (κ3) is 27.0. The highest BCUT2D eigenvalue weighted by molar-refractivity contribution is 5.87. The second kappa shape index (κ2) is 25.3. The van der Waals surface area contributed by atoms with Crippen LogP contribution in [0.3, 0.4) is 0 Å². The van der Waals surface area contributed by atoms with Crippen LogP contribution in [-0.4, -0.2) is 150 Å². The molecule has 0 aromatic carbocycles. The molecule has 51 heavy (non-hydrogen) atoms. The van der Waals surface area contributed by atoms with Gasteiger partial charge in [-0.2, -0.15) is 0 Å². The SMILES string of the molecule is CC(=O)OCC(=O)OCC(=O)OCC(=O)OCC(=O)OCC(=O)OCC(=O)OCC(=O)OCC(=O)OCC(=O)OCC(=O)OCC(=O)OC(C)=O. The van der Waals surface area contributed by atoms with Gasteiger partial charge in [0, 0.05) is 13.8 Å². The molecule has 0 aliphatic carbocycles. The molecule has 0 aliphatic rings. The molecule has 0 rings (SSSR count). The van der Waals surface area contributed by atoms with Gasteiger partial charge >= 0.3 is 77.6 Å². The van der Waals surface area contributed by atoms with Crippen molar-refractivity contribution in [3.63, 3.8) is 0 Å². The Morgan fingerprint density at radius 3 is 0.549 bits per heavy atom. The average Bonchev–Trinajstić information content (AvgIpc) is 3.07. The molecule has 0 radical (unpaired) electrons. The highest BCUT2D eigenvalue weighted by Gasteiger charge is 2.18. The Bertz CT molecular complexity index is 1340. The molecule has 0 aliphatic heterocycles. The van der Waals surface area contributed by atoms with E-state index in [1.807, 2.05) is 0 Å². The molecule has 0 spiro atoms. The molecule has 0 atom stereocenters. The van der Waals surface area contributed by atoms with Crippen molar-refractivity contribution in [2.24, 2.45) is 0 Å². The standard InChI is InChI=1S/C26H28O25/c1-14(27)40-3-16(29)41-4-17(30)42-5-18(31)43-6-19(32)44-7-20(33)45-8-21(34)46-9-22(35)47-10-23(36)48-11-24(37)49-12-25(38)50-13-26(39)51-15(2)28/h3-13H2,1-2H3. The molecule has 0 N–H and O–H groups in total. The summed E-state index contributed by atoms with van der Waals surface area (Å²) >= 11 is 0. The summed E-state index contributed by atoms with van der Waals surface area (Å²) in [7, 11) is 0. The molecule has 0 heterocycles. The summed E-state index contributed by atoms with van der Waals surface area (Å²) < 4.78 is 52.5. The lowest BCUT2D eigenvalue weighted by molar-refractivity contribution is -0.173. The number of hydrogen-bond acceptors (Lipinski definition) is 25. The normalized spacial score (nSPS) is 9.69. The summed E-state index contributed by atoms with van der Waals surface area (Å²) in [5.41, 5.74) is 0. The first-order chi connectivity index (χ1) is 24.0. The van der Waals surface area contributed by atoms with Crippen LogP contribution in [0.25, 0.3) is 0 Å². The van der Waals surface area contributed by atoms with Crippen molar-refractivity contribution in [3.05, 3.63) is 0 Å². The lowest BCUT2D eigenvalue weighted by Gasteiger charge is -2.08. The Labute approximate surface area is 283 Å². The average molecular weight is 740 g/mol. The molecule has 0 saturated heterocycles. The summed E-state index contributed by atoms with van der Waals surface area (Å²) in [5.74, 6) is -15.2. The van der Waals surface area contributed by atoms with Gasteiger partial charge in [-0.3, -0.25) is 9.59 Å². The minimum atomic E-state index is -1.28. The highest BCUT2D eigenvalue weighted by Crippen LogP contribution is 1.93. The zero-order valence-electron chi connectivity index (χ0n) is 26.5. The quantitative estimate of drug-likeness (QED) is 0.0570. The van der Waals surface area contributed by atoms with E-state index in [2.05, 4.69) is 56.8 Å². The Hall–Kier alpha value is -6.69. The van der Waals surface area contributed by atoms with Crippen molar-refractivity contribution >= 4 is 77.6 Å². The lowest BCUT2D eigenvalue weighted by Crippen LogP contribution is -2.27. The number of carbonyl (C=O) groups is 13. The Morgan fingerprint density at radius 2 is 0.392 bits per heavy atom. The van der Waals surface area contributed by atoms with E-state index in [9.17, 15) is 62.3 Å². The molecule has 0 saturated carbocycles. The molecule has 0 amide bonds. The second-order valence-corrected chi connectivity index (χ2v) is 8.35. The van der Waals surface area contributed by atoms with Crippen molar-refractivity contribution in [2.75, 3.05) is 72.7 Å². The van der Waals surface area contributed by atoms with E-state index < -0.39 is 150 Å². The number of hydrogen-bond donors (Lipinski definition) is 0. The van der Waals surface area contributed by atoms with E-state index >= 15 is 0 Å². The van der Waals surface area contributed by atoms with E-state index in [1.54, 1.807) is 0 Å². The fourth-order valence-electron chi connectivity index (χ4n) is 2.16. The van der Waals surface area contributed by atoms with Crippen molar-refractivity contribution < 1.29 is 119 Å². The van der Waals surface area contributed by atoms with Crippen LogP contribution in [0, 0.1) is 0 Å². The molecular formula is C26H28O25. The summed E-state index contributed by atoms with van der Waals surface area (Å²) in [5, 5.41) is 0. The fraction of sp³-hybridized carbons (Fsp3) is 0.500. The first kappa shape index (κ1) is 44.3. The maximum atomic E-state index is 11.6. The molecule has 282 valence electrons. The van der Waals surface area contributed by atoms with E-state index in [0.717, 1.165) is 13.8 Å². The molecule has 0 fully saturated rings. The minimum absolute atomic E-state index is 0.752. The van der Waals surface area contributed by atoms with Crippen molar-refractivity contribution in [1.29, 1.82) is 0 Å². The molecule has 0 unspecified atom stereocenters. The molecule has 25 nitrogen and oxygen atoms in total. The Kier molecular flexibility index (Phi) is 22.0. The predicted molar refractivity (Wildman–Crippen MR) is 143 cm³/mol. The van der Waals surface area contributed by atoms with Gasteiger partial charge < -0.3 is 56.8 Å². The minimum Gasteiger partial charge on any atom is -0.454 e. The number of ether oxygens (including phenoxy) is 12. The van der Waals surface area contributed by atoms with Gasteiger partial charge in [-0.25, -0.2) is 52.7 Å². The summed E-state index contributed by atoms with van der Waals surface area (Å²) in [6.45, 7) is -8.93. The lowest BCUT2D eigenvalue weighted by atomic mass is 10.6. The number of carbonyl (C=O) groups excluding carboxylic acids is 13. The smallest absolute Gasteiger partial charge is 0.351 e. The van der Waals surface area contributed by atoms with Crippen LogP contribution in [0.4, 0.5) is 0 Å². The van der Waals surface area contributed by atoms with Gasteiger partial charge in [-0.05, 0) is 0 Å². The first-order valence-electron chi connectivity index (χ1n) is 13.4. The predicted octanol–water partition coefficient (Wildman–Crippen LogP) is -4.93. The molecular weight excluding hydrogens is 712 g/mol. The van der Waals surface area contributed by atoms with E-state index in [1.165, 1.54) is 0 Å². The molecule has 0 aromatic heterocycles. The van der Waals surface area contributed by atoms with Crippen molar-refractivity contribution in [1.82, 2.24) is 0 Å². The van der Waals surface area contributed by atoms with E-state index in [0.29, 0.717) is 0 Å². The number of rotatable bonds is 22. The molecule has 0 bridgehead atoms. The van der Waals surface area contributed by atoms with Crippen LogP contribution in [0.1, 0.15) is 13.8 Å². The number of esters is 13. The zero-order valence-corrected chi connectivity index (χ0v) is 26.5. The topological polar surface area (TPSA) is 333 Å². The van der Waals surface area contributed by atoms with Crippen LogP contribution >= 0.6 is 0 Å². The van der Waals surface area contributed by atoms with E-state index in [-0.39, 0.29) is 0 Å². The van der Waals surface area contributed by atoms with Gasteiger partial charge in [0.05, 0.1) is 0 Å². The zero-order chi connectivity index (χ0) is 38.8. The third-order valence-electron chi connectivity index (χ3n) is 4.16. The maximum absolute atomic E-state index is 11.6. The van der Waals surface area contributed by atoms with Crippen LogP contribution in [-0.2, 0) is 119 Å². The van der Waals surface area contributed by atoms with Crippen molar-refractivity contribution in [2.45, 2.75) is 13.8 Å². The van der Waals surface area contributed by atoms with Gasteiger partial charge in [0.15, 0.2) is 72.7 Å². The molecule has 0 aromatic rings. The van der Waals surface area contributed by atoms with Crippen LogP contribution in [0.2, 0.25) is 0 Å². The van der Waals surface area contributed by atoms with Gasteiger partial charge in [-0.1, -0.05) is 0 Å². The van der Waals surface area contributed by atoms with Gasteiger partial charge in [0.1, 0.15) is 0 Å². The fourth-order valence-corrected chi connectivity index (χ4v) is 2.16. The first-order valence-corrected chi connectivity index (χ1v) is 13.4. The van der Waals surface area contributed by atoms with Gasteiger partial charge in [0.25, 0.3) is 0 Å². The van der Waals surface area contributed by atoms with Crippen LogP contribution in [0.5, 0.6) is 0 Å². The van der Waals surface area contributed by atoms with Gasteiger partial charge in [0.2, 0.25) is 0 Å². The summed E-state index contributed by atoms with van der Waals surface area (Å²) in [6, 6.07) is 0. The maximum Gasteiger partial charge on any atom is 0.351 e. The Balaban J connectivity index is 4.00.